The van der Waals surface area contributed by atoms with Crippen LogP contribution in [0.3, 0.4) is 0 Å². The van der Waals surface area contributed by atoms with Crippen LogP contribution in [0.5, 0.6) is 5.75 Å². The van der Waals surface area contributed by atoms with Crippen molar-refractivity contribution in [1.82, 2.24) is 10.2 Å². The fraction of sp³-hybridized carbons (Fsp3) is 0.273. The molecule has 0 amide bonds. The molecule has 0 fully saturated rings. The van der Waals surface area contributed by atoms with Gasteiger partial charge in [0.2, 0.25) is 5.13 Å². The molecule has 1 aliphatic heterocycles. The maximum absolute atomic E-state index is 13.1. The Morgan fingerprint density at radius 1 is 1.45 bits per heavy atom. The van der Waals surface area contributed by atoms with E-state index in [4.69, 9.17) is 10.5 Å². The van der Waals surface area contributed by atoms with Gasteiger partial charge in [0.15, 0.2) is 10.1 Å². The summed E-state index contributed by atoms with van der Waals surface area (Å²) in [6.45, 7) is 3.73. The molecule has 4 rings (SSSR count). The molecule has 158 valence electrons. The summed E-state index contributed by atoms with van der Waals surface area (Å²) in [6.07, 6.45) is 3.65. The first-order valence-corrected chi connectivity index (χ1v) is 11.6. The Bertz CT molecular complexity index is 1140. The Morgan fingerprint density at radius 2 is 2.29 bits per heavy atom. The van der Waals surface area contributed by atoms with Crippen LogP contribution in [0.2, 0.25) is 0 Å². The molecule has 1 unspecified atom stereocenters. The fourth-order valence-corrected chi connectivity index (χ4v) is 5.58. The number of anilines is 1. The molecule has 1 aromatic heterocycles. The number of nitrogens with zero attached hydrogens (tertiary/aromatic N) is 4. The zero-order valence-corrected chi connectivity index (χ0v) is 18.6. The normalized spacial score (nSPS) is 18.6. The van der Waals surface area contributed by atoms with Crippen LogP contribution < -0.4 is 15.4 Å². The maximum Gasteiger partial charge on any atom is 0.219 e. The highest BCUT2D eigenvalue weighted by Crippen LogP contribution is 2.47. The van der Waals surface area contributed by atoms with Crippen molar-refractivity contribution in [3.63, 3.8) is 0 Å². The van der Waals surface area contributed by atoms with Crippen molar-refractivity contribution in [3.8, 4) is 11.8 Å². The Kier molecular flexibility index (Phi) is 6.11. The number of nitrogens with two attached hydrogens (primary N) is 1. The third kappa shape index (κ3) is 3.84. The average Bonchev–Trinajstić information content (AvgIpc) is 3.25. The summed E-state index contributed by atoms with van der Waals surface area (Å²) in [5.74, 6) is 1.18. The number of nitriles is 1. The van der Waals surface area contributed by atoms with E-state index in [1.165, 1.54) is 23.1 Å². The van der Waals surface area contributed by atoms with Crippen molar-refractivity contribution in [2.45, 2.75) is 29.5 Å². The van der Waals surface area contributed by atoms with Crippen LogP contribution in [0, 0.1) is 11.3 Å². The lowest BCUT2D eigenvalue weighted by atomic mass is 9.76. The highest BCUT2D eigenvalue weighted by atomic mass is 32.2. The van der Waals surface area contributed by atoms with Gasteiger partial charge in [-0.25, -0.2) is 0 Å². The Hall–Kier alpha value is -3.09. The summed E-state index contributed by atoms with van der Waals surface area (Å²) in [5, 5.41) is 19.1. The van der Waals surface area contributed by atoms with E-state index in [2.05, 4.69) is 22.8 Å². The van der Waals surface area contributed by atoms with Gasteiger partial charge in [-0.15, -0.1) is 16.8 Å². The zero-order valence-electron chi connectivity index (χ0n) is 17.0. The first-order valence-electron chi connectivity index (χ1n) is 9.76. The third-order valence-corrected chi connectivity index (χ3v) is 7.29. The Balaban J connectivity index is 1.87. The van der Waals surface area contributed by atoms with Crippen LogP contribution in [0.1, 0.15) is 30.7 Å². The molecule has 2 aromatic rings. The fourth-order valence-electron chi connectivity index (χ4n) is 3.94. The lowest BCUT2D eigenvalue weighted by molar-refractivity contribution is -0.116. The second kappa shape index (κ2) is 8.96. The van der Waals surface area contributed by atoms with Gasteiger partial charge in [0.1, 0.15) is 11.6 Å². The predicted molar refractivity (Wildman–Crippen MR) is 122 cm³/mol. The lowest BCUT2D eigenvalue weighted by Gasteiger charge is -2.38. The number of hydrogen-bond acceptors (Lipinski definition) is 9. The minimum absolute atomic E-state index is 0.0325. The van der Waals surface area contributed by atoms with Crippen molar-refractivity contribution in [3.05, 3.63) is 65.1 Å². The number of benzene rings is 1. The van der Waals surface area contributed by atoms with Gasteiger partial charge in [-0.3, -0.25) is 9.69 Å². The molecule has 2 aliphatic rings. The second-order valence-electron chi connectivity index (χ2n) is 7.04. The molecule has 2 N–H and O–H groups in total. The quantitative estimate of drug-likeness (QED) is 0.516. The van der Waals surface area contributed by atoms with Crippen molar-refractivity contribution >= 4 is 34.0 Å². The zero-order chi connectivity index (χ0) is 22.0. The van der Waals surface area contributed by atoms with E-state index in [0.29, 0.717) is 46.4 Å². The molecule has 0 saturated heterocycles. The monoisotopic (exact) mass is 451 g/mol. The number of aromatic nitrogens is 2. The van der Waals surface area contributed by atoms with Crippen LogP contribution in [0.15, 0.2) is 63.9 Å². The van der Waals surface area contributed by atoms with Gasteiger partial charge in [0.05, 0.1) is 24.7 Å². The molecule has 2 heterocycles. The van der Waals surface area contributed by atoms with Gasteiger partial charge in [0.25, 0.3) is 0 Å². The Labute approximate surface area is 188 Å². The van der Waals surface area contributed by atoms with Gasteiger partial charge >= 0.3 is 0 Å². The number of ketones is 1. The minimum Gasteiger partial charge on any atom is -0.497 e. The van der Waals surface area contributed by atoms with Crippen molar-refractivity contribution in [1.29, 1.82) is 5.26 Å². The summed E-state index contributed by atoms with van der Waals surface area (Å²) >= 11 is 2.91. The smallest absolute Gasteiger partial charge is 0.219 e. The highest BCUT2D eigenvalue weighted by molar-refractivity contribution is 8.01. The molecule has 1 aromatic carbocycles. The van der Waals surface area contributed by atoms with E-state index in [0.717, 1.165) is 22.0 Å². The topological polar surface area (TPSA) is 105 Å². The molecule has 31 heavy (non-hydrogen) atoms. The molecular weight excluding hydrogens is 430 g/mol. The van der Waals surface area contributed by atoms with E-state index >= 15 is 0 Å². The van der Waals surface area contributed by atoms with Crippen molar-refractivity contribution in [2.75, 3.05) is 17.8 Å². The standard InChI is InChI=1S/C22H21N5O2S2/c1-3-10-30-22-26-25-21(31-22)27-16-8-5-9-17(28)19(16)18(15(12-23)20(27)24)13-6-4-7-14(11-13)29-2/h3-4,6-7,11,18H,1,5,8-10,24H2,2H3. The number of ether oxygens (including phenoxy) is 1. The molecular formula is C22H21N5O2S2. The number of methoxy groups -OCH3 is 1. The van der Waals surface area contributed by atoms with Gasteiger partial charge in [-0.1, -0.05) is 41.3 Å². The number of rotatable bonds is 6. The molecule has 0 spiro atoms. The maximum atomic E-state index is 13.1. The van der Waals surface area contributed by atoms with Crippen molar-refractivity contribution in [2.24, 2.45) is 5.73 Å². The van der Waals surface area contributed by atoms with E-state index < -0.39 is 5.92 Å². The number of carbonyl (C=O) groups is 1. The van der Waals surface area contributed by atoms with Gasteiger partial charge in [-0.2, -0.15) is 5.26 Å². The summed E-state index contributed by atoms with van der Waals surface area (Å²) in [5.41, 5.74) is 9.10. The Morgan fingerprint density at radius 3 is 3.03 bits per heavy atom. The molecule has 7 nitrogen and oxygen atoms in total. The second-order valence-corrected chi connectivity index (χ2v) is 9.27. The van der Waals surface area contributed by atoms with E-state index in [1.54, 1.807) is 18.1 Å². The summed E-state index contributed by atoms with van der Waals surface area (Å²) in [6, 6.07) is 9.70. The van der Waals surface area contributed by atoms with Crippen molar-refractivity contribution < 1.29 is 9.53 Å². The summed E-state index contributed by atoms with van der Waals surface area (Å²) in [4.78, 5) is 14.9. The number of Topliss-reactive ketones (excluding diaryl/α,β-unsaturated/α-hetero) is 1. The van der Waals surface area contributed by atoms with E-state index in [9.17, 15) is 10.1 Å². The van der Waals surface area contributed by atoms with Crippen LogP contribution in [0.25, 0.3) is 0 Å². The largest absolute Gasteiger partial charge is 0.497 e. The molecule has 9 heteroatoms. The van der Waals surface area contributed by atoms with Crippen LogP contribution in [-0.2, 0) is 4.79 Å². The highest BCUT2D eigenvalue weighted by Gasteiger charge is 2.41. The molecule has 0 saturated carbocycles. The molecule has 0 radical (unpaired) electrons. The molecule has 1 atom stereocenters. The van der Waals surface area contributed by atoms with Crippen LogP contribution in [0.4, 0.5) is 5.13 Å². The molecule has 1 aliphatic carbocycles. The SMILES string of the molecule is C=CCSc1nnc(N2C(N)=C(C#N)C(c3cccc(OC)c3)C3=C2CCCC3=O)s1. The van der Waals surface area contributed by atoms with Crippen LogP contribution in [-0.4, -0.2) is 28.8 Å². The lowest BCUT2D eigenvalue weighted by Crippen LogP contribution is -2.38. The summed E-state index contributed by atoms with van der Waals surface area (Å²) < 4.78 is 6.14. The van der Waals surface area contributed by atoms with Crippen LogP contribution >= 0.6 is 23.1 Å². The average molecular weight is 452 g/mol. The predicted octanol–water partition coefficient (Wildman–Crippen LogP) is 4.13. The number of hydrogen-bond donors (Lipinski definition) is 1. The van der Waals surface area contributed by atoms with E-state index in [-0.39, 0.29) is 5.78 Å². The minimum atomic E-state index is -0.526. The third-order valence-electron chi connectivity index (χ3n) is 5.25. The molecule has 0 bridgehead atoms. The number of carbonyl (C=O) groups excluding carboxylic acids is 1. The van der Waals surface area contributed by atoms with Gasteiger partial charge in [-0.05, 0) is 30.5 Å². The first kappa shape index (κ1) is 21.2. The number of thioether (sulfide) groups is 1. The number of allylic oxidation sites excluding steroid dienone is 3. The van der Waals surface area contributed by atoms with Gasteiger partial charge in [0, 0.05) is 23.4 Å². The summed E-state index contributed by atoms with van der Waals surface area (Å²) in [7, 11) is 1.59. The van der Waals surface area contributed by atoms with Gasteiger partial charge < -0.3 is 10.5 Å². The first-order chi connectivity index (χ1) is 15.1. The van der Waals surface area contributed by atoms with E-state index in [1.807, 2.05) is 24.3 Å².